The standard InChI is InChI=1S/C10H18O/c1-8(2)7-9-5-3-4-6-10(9)11/h7-8,10-11H,3-6H2,1-2H3/t10-/m0/s1. The third kappa shape index (κ3) is 2.66. The van der Waals surface area contributed by atoms with Crippen molar-refractivity contribution in [1.29, 1.82) is 0 Å². The van der Waals surface area contributed by atoms with Crippen LogP contribution < -0.4 is 0 Å². The maximum absolute atomic E-state index is 9.55. The van der Waals surface area contributed by atoms with Crippen molar-refractivity contribution in [1.82, 2.24) is 0 Å². The molecular weight excluding hydrogens is 136 g/mol. The second-order valence-electron chi connectivity index (χ2n) is 3.75. The third-order valence-electron chi connectivity index (χ3n) is 2.17. The van der Waals surface area contributed by atoms with E-state index in [2.05, 4.69) is 19.9 Å². The molecule has 0 aliphatic heterocycles. The van der Waals surface area contributed by atoms with Gasteiger partial charge in [-0.15, -0.1) is 0 Å². The number of aliphatic hydroxyl groups excluding tert-OH is 1. The molecule has 0 aromatic heterocycles. The van der Waals surface area contributed by atoms with Gasteiger partial charge in [0, 0.05) is 0 Å². The van der Waals surface area contributed by atoms with Gasteiger partial charge in [0.2, 0.25) is 0 Å². The number of allylic oxidation sites excluding steroid dienone is 1. The Kier molecular flexibility index (Phi) is 3.13. The largest absolute Gasteiger partial charge is 0.389 e. The lowest BCUT2D eigenvalue weighted by Crippen LogP contribution is -2.15. The third-order valence-corrected chi connectivity index (χ3v) is 2.17. The minimum absolute atomic E-state index is 0.133. The zero-order valence-corrected chi connectivity index (χ0v) is 7.51. The highest BCUT2D eigenvalue weighted by Crippen LogP contribution is 2.24. The van der Waals surface area contributed by atoms with Gasteiger partial charge in [-0.1, -0.05) is 26.3 Å². The topological polar surface area (TPSA) is 20.2 Å². The molecule has 1 heteroatoms. The summed E-state index contributed by atoms with van der Waals surface area (Å²) in [6.45, 7) is 4.32. The lowest BCUT2D eigenvalue weighted by Gasteiger charge is -2.21. The normalized spacial score (nSPS) is 29.8. The van der Waals surface area contributed by atoms with Crippen molar-refractivity contribution < 1.29 is 5.11 Å². The number of hydrogen-bond donors (Lipinski definition) is 1. The summed E-state index contributed by atoms with van der Waals surface area (Å²) in [7, 11) is 0. The molecule has 0 spiro atoms. The Hall–Kier alpha value is -0.300. The van der Waals surface area contributed by atoms with E-state index in [0.29, 0.717) is 5.92 Å². The van der Waals surface area contributed by atoms with Gasteiger partial charge in [0.1, 0.15) is 0 Å². The second-order valence-corrected chi connectivity index (χ2v) is 3.75. The Balaban J connectivity index is 2.53. The van der Waals surface area contributed by atoms with Crippen LogP contribution in [0.3, 0.4) is 0 Å². The van der Waals surface area contributed by atoms with E-state index in [1.165, 1.54) is 18.4 Å². The highest BCUT2D eigenvalue weighted by Gasteiger charge is 2.15. The molecule has 1 rings (SSSR count). The van der Waals surface area contributed by atoms with Crippen molar-refractivity contribution >= 4 is 0 Å². The van der Waals surface area contributed by atoms with Crippen LogP contribution in [0.4, 0.5) is 0 Å². The van der Waals surface area contributed by atoms with E-state index in [9.17, 15) is 5.11 Å². The zero-order chi connectivity index (χ0) is 8.27. The summed E-state index contributed by atoms with van der Waals surface area (Å²) >= 11 is 0. The van der Waals surface area contributed by atoms with Crippen LogP contribution in [0.1, 0.15) is 39.5 Å². The molecule has 0 unspecified atom stereocenters. The summed E-state index contributed by atoms with van der Waals surface area (Å²) in [5.74, 6) is 0.581. The molecule has 1 nitrogen and oxygen atoms in total. The van der Waals surface area contributed by atoms with Crippen LogP contribution in [0.2, 0.25) is 0 Å². The van der Waals surface area contributed by atoms with Crippen LogP contribution in [0.15, 0.2) is 11.6 Å². The molecule has 0 aromatic rings. The smallest absolute Gasteiger partial charge is 0.0750 e. The fourth-order valence-corrected chi connectivity index (χ4v) is 1.64. The summed E-state index contributed by atoms with van der Waals surface area (Å²) in [5, 5.41) is 9.55. The van der Waals surface area contributed by atoms with E-state index in [0.717, 1.165) is 12.8 Å². The van der Waals surface area contributed by atoms with E-state index in [4.69, 9.17) is 0 Å². The lowest BCUT2D eigenvalue weighted by molar-refractivity contribution is 0.177. The molecule has 0 aromatic carbocycles. The number of aliphatic hydroxyl groups is 1. The minimum atomic E-state index is -0.133. The Morgan fingerprint density at radius 1 is 1.45 bits per heavy atom. The maximum Gasteiger partial charge on any atom is 0.0750 e. The van der Waals surface area contributed by atoms with Gasteiger partial charge in [-0.2, -0.15) is 0 Å². The zero-order valence-electron chi connectivity index (χ0n) is 7.51. The quantitative estimate of drug-likeness (QED) is 0.575. The summed E-state index contributed by atoms with van der Waals surface area (Å²) in [5.41, 5.74) is 1.27. The molecule has 1 atom stereocenters. The van der Waals surface area contributed by atoms with Gasteiger partial charge in [-0.05, 0) is 30.8 Å². The first-order valence-corrected chi connectivity index (χ1v) is 4.59. The average Bonchev–Trinajstić information content (AvgIpc) is 1.93. The molecule has 11 heavy (non-hydrogen) atoms. The Morgan fingerprint density at radius 2 is 2.18 bits per heavy atom. The molecule has 1 aliphatic rings. The molecule has 1 aliphatic carbocycles. The van der Waals surface area contributed by atoms with Crippen molar-refractivity contribution in [2.24, 2.45) is 5.92 Å². The Labute approximate surface area is 69.1 Å². The maximum atomic E-state index is 9.55. The van der Waals surface area contributed by atoms with E-state index in [-0.39, 0.29) is 6.10 Å². The van der Waals surface area contributed by atoms with Gasteiger partial charge in [-0.3, -0.25) is 0 Å². The van der Waals surface area contributed by atoms with E-state index in [1.807, 2.05) is 0 Å². The van der Waals surface area contributed by atoms with E-state index in [1.54, 1.807) is 0 Å². The van der Waals surface area contributed by atoms with Crippen molar-refractivity contribution in [2.45, 2.75) is 45.6 Å². The number of hydrogen-bond acceptors (Lipinski definition) is 1. The molecule has 64 valence electrons. The first-order valence-electron chi connectivity index (χ1n) is 4.59. The van der Waals surface area contributed by atoms with Crippen LogP contribution in [0.5, 0.6) is 0 Å². The van der Waals surface area contributed by atoms with Gasteiger partial charge in [0.15, 0.2) is 0 Å². The van der Waals surface area contributed by atoms with Crippen LogP contribution in [-0.2, 0) is 0 Å². The van der Waals surface area contributed by atoms with E-state index < -0.39 is 0 Å². The predicted octanol–water partition coefficient (Wildman–Crippen LogP) is 2.50. The second kappa shape index (κ2) is 3.91. The first-order chi connectivity index (χ1) is 5.20. The highest BCUT2D eigenvalue weighted by atomic mass is 16.3. The van der Waals surface area contributed by atoms with Crippen LogP contribution >= 0.6 is 0 Å². The number of rotatable bonds is 1. The average molecular weight is 154 g/mol. The fraction of sp³-hybridized carbons (Fsp3) is 0.800. The SMILES string of the molecule is CC(C)C=C1CCCC[C@@H]1O. The minimum Gasteiger partial charge on any atom is -0.389 e. The summed E-state index contributed by atoms with van der Waals surface area (Å²) < 4.78 is 0. The molecule has 1 fully saturated rings. The summed E-state index contributed by atoms with van der Waals surface area (Å²) in [6.07, 6.45) is 6.61. The van der Waals surface area contributed by atoms with E-state index >= 15 is 0 Å². The van der Waals surface area contributed by atoms with Gasteiger partial charge in [0.25, 0.3) is 0 Å². The molecule has 0 saturated heterocycles. The molecular formula is C10H18O. The summed E-state index contributed by atoms with van der Waals surface area (Å²) in [4.78, 5) is 0. The fourth-order valence-electron chi connectivity index (χ4n) is 1.64. The predicted molar refractivity (Wildman–Crippen MR) is 47.4 cm³/mol. The highest BCUT2D eigenvalue weighted by molar-refractivity contribution is 5.10. The van der Waals surface area contributed by atoms with Gasteiger partial charge in [0.05, 0.1) is 6.10 Å². The molecule has 1 N–H and O–H groups in total. The molecule has 1 saturated carbocycles. The first kappa shape index (κ1) is 8.79. The van der Waals surface area contributed by atoms with Gasteiger partial charge < -0.3 is 5.11 Å². The van der Waals surface area contributed by atoms with Crippen molar-refractivity contribution in [3.63, 3.8) is 0 Å². The molecule has 0 radical (unpaired) electrons. The summed E-state index contributed by atoms with van der Waals surface area (Å²) in [6, 6.07) is 0. The van der Waals surface area contributed by atoms with Crippen molar-refractivity contribution in [2.75, 3.05) is 0 Å². The Bertz CT molecular complexity index is 147. The van der Waals surface area contributed by atoms with Gasteiger partial charge in [-0.25, -0.2) is 0 Å². The van der Waals surface area contributed by atoms with Crippen LogP contribution in [0.25, 0.3) is 0 Å². The van der Waals surface area contributed by atoms with Crippen LogP contribution in [-0.4, -0.2) is 11.2 Å². The molecule has 0 heterocycles. The lowest BCUT2D eigenvalue weighted by atomic mass is 9.90. The van der Waals surface area contributed by atoms with Gasteiger partial charge >= 0.3 is 0 Å². The van der Waals surface area contributed by atoms with Crippen molar-refractivity contribution in [3.05, 3.63) is 11.6 Å². The molecule has 0 amide bonds. The van der Waals surface area contributed by atoms with Crippen molar-refractivity contribution in [3.8, 4) is 0 Å². The monoisotopic (exact) mass is 154 g/mol. The Morgan fingerprint density at radius 3 is 2.73 bits per heavy atom. The molecule has 0 bridgehead atoms. The van der Waals surface area contributed by atoms with Crippen LogP contribution in [0, 0.1) is 5.92 Å².